The Balaban J connectivity index is 1.98. The maximum Gasteiger partial charge on any atom is 0.279 e. The highest BCUT2D eigenvalue weighted by molar-refractivity contribution is 7.87. The third-order valence-corrected chi connectivity index (χ3v) is 4.79. The smallest absolute Gasteiger partial charge is 0.279 e. The van der Waals surface area contributed by atoms with Crippen molar-refractivity contribution in [3.63, 3.8) is 0 Å². The van der Waals surface area contributed by atoms with E-state index >= 15 is 0 Å². The third-order valence-electron chi connectivity index (χ3n) is 3.31. The SMILES string of the molecule is Cc1ccc(CNS(=O)(=O)N2CC(C)OC(C)C2)cc1. The summed E-state index contributed by atoms with van der Waals surface area (Å²) >= 11 is 0. The molecule has 2 unspecified atom stereocenters. The summed E-state index contributed by atoms with van der Waals surface area (Å²) in [4.78, 5) is 0. The molecule has 20 heavy (non-hydrogen) atoms. The number of nitrogens with one attached hydrogen (secondary N) is 1. The van der Waals surface area contributed by atoms with Crippen molar-refractivity contribution in [3.8, 4) is 0 Å². The van der Waals surface area contributed by atoms with Crippen LogP contribution >= 0.6 is 0 Å². The molecule has 0 aliphatic carbocycles. The second kappa shape index (κ2) is 6.22. The molecule has 0 amide bonds. The minimum absolute atomic E-state index is 0.0744. The van der Waals surface area contributed by atoms with E-state index in [9.17, 15) is 8.42 Å². The zero-order chi connectivity index (χ0) is 14.8. The minimum atomic E-state index is -3.45. The van der Waals surface area contributed by atoms with E-state index in [0.717, 1.165) is 11.1 Å². The summed E-state index contributed by atoms with van der Waals surface area (Å²) in [6.45, 7) is 6.88. The summed E-state index contributed by atoms with van der Waals surface area (Å²) in [5, 5.41) is 0. The lowest BCUT2D eigenvalue weighted by Crippen LogP contribution is -2.51. The van der Waals surface area contributed by atoms with Crippen LogP contribution in [0.25, 0.3) is 0 Å². The fourth-order valence-electron chi connectivity index (χ4n) is 2.30. The maximum atomic E-state index is 12.3. The molecule has 1 fully saturated rings. The van der Waals surface area contributed by atoms with E-state index in [1.807, 2.05) is 45.0 Å². The number of morpholine rings is 1. The summed E-state index contributed by atoms with van der Waals surface area (Å²) in [6.07, 6.45) is -0.149. The van der Waals surface area contributed by atoms with Crippen LogP contribution in [0.2, 0.25) is 0 Å². The molecule has 0 spiro atoms. The van der Waals surface area contributed by atoms with Crippen LogP contribution in [0.4, 0.5) is 0 Å². The maximum absolute atomic E-state index is 12.3. The van der Waals surface area contributed by atoms with Gasteiger partial charge in [0.05, 0.1) is 12.2 Å². The van der Waals surface area contributed by atoms with Gasteiger partial charge in [-0.3, -0.25) is 0 Å². The second-order valence-corrected chi connectivity index (χ2v) is 7.14. The molecular weight excluding hydrogens is 276 g/mol. The van der Waals surface area contributed by atoms with Gasteiger partial charge in [0.15, 0.2) is 0 Å². The monoisotopic (exact) mass is 298 g/mol. The predicted octanol–water partition coefficient (Wildman–Crippen LogP) is 1.44. The molecule has 1 heterocycles. The van der Waals surface area contributed by atoms with Crippen LogP contribution in [-0.4, -0.2) is 38.0 Å². The zero-order valence-electron chi connectivity index (χ0n) is 12.2. The Morgan fingerprint density at radius 1 is 1.20 bits per heavy atom. The molecule has 112 valence electrons. The molecule has 6 heteroatoms. The van der Waals surface area contributed by atoms with Crippen LogP contribution in [-0.2, 0) is 21.5 Å². The van der Waals surface area contributed by atoms with Crippen LogP contribution in [0.1, 0.15) is 25.0 Å². The van der Waals surface area contributed by atoms with Crippen molar-refractivity contribution in [2.24, 2.45) is 0 Å². The topological polar surface area (TPSA) is 58.6 Å². The first-order valence-corrected chi connectivity index (χ1v) is 8.26. The van der Waals surface area contributed by atoms with Crippen LogP contribution in [0.3, 0.4) is 0 Å². The summed E-state index contributed by atoms with van der Waals surface area (Å²) < 4.78 is 34.2. The van der Waals surface area contributed by atoms with Gasteiger partial charge >= 0.3 is 0 Å². The average molecular weight is 298 g/mol. The van der Waals surface area contributed by atoms with Gasteiger partial charge < -0.3 is 4.74 Å². The molecule has 0 radical (unpaired) electrons. The molecule has 0 aromatic heterocycles. The van der Waals surface area contributed by atoms with Crippen molar-refractivity contribution < 1.29 is 13.2 Å². The number of hydrogen-bond acceptors (Lipinski definition) is 3. The molecular formula is C14H22N2O3S. The number of aryl methyl sites for hydroxylation is 1. The molecule has 0 saturated carbocycles. The van der Waals surface area contributed by atoms with Gasteiger partial charge in [-0.1, -0.05) is 29.8 Å². The Morgan fingerprint density at radius 2 is 1.75 bits per heavy atom. The normalized spacial score (nSPS) is 24.8. The van der Waals surface area contributed by atoms with Crippen molar-refractivity contribution >= 4 is 10.2 Å². The zero-order valence-corrected chi connectivity index (χ0v) is 13.0. The van der Waals surface area contributed by atoms with E-state index in [-0.39, 0.29) is 12.2 Å². The average Bonchev–Trinajstić information content (AvgIpc) is 2.37. The summed E-state index contributed by atoms with van der Waals surface area (Å²) in [7, 11) is -3.45. The number of benzene rings is 1. The Labute approximate surface area is 121 Å². The lowest BCUT2D eigenvalue weighted by atomic mass is 10.2. The van der Waals surface area contributed by atoms with Crippen LogP contribution in [0, 0.1) is 6.92 Å². The lowest BCUT2D eigenvalue weighted by Gasteiger charge is -2.34. The van der Waals surface area contributed by atoms with Crippen LogP contribution < -0.4 is 4.72 Å². The van der Waals surface area contributed by atoms with E-state index in [0.29, 0.717) is 19.6 Å². The predicted molar refractivity (Wildman–Crippen MR) is 78.5 cm³/mol. The van der Waals surface area contributed by atoms with E-state index in [1.54, 1.807) is 0 Å². The van der Waals surface area contributed by atoms with Gasteiger partial charge in [0.1, 0.15) is 0 Å². The summed E-state index contributed by atoms with van der Waals surface area (Å²) in [6, 6.07) is 7.82. The van der Waals surface area contributed by atoms with Crippen LogP contribution in [0.5, 0.6) is 0 Å². The molecule has 1 aromatic carbocycles. The fraction of sp³-hybridized carbons (Fsp3) is 0.571. The van der Waals surface area contributed by atoms with Gasteiger partial charge in [-0.25, -0.2) is 0 Å². The molecule has 2 atom stereocenters. The highest BCUT2D eigenvalue weighted by Gasteiger charge is 2.30. The Morgan fingerprint density at radius 3 is 2.30 bits per heavy atom. The first-order valence-electron chi connectivity index (χ1n) is 6.82. The Bertz CT molecular complexity index is 532. The number of ether oxygens (including phenoxy) is 1. The van der Waals surface area contributed by atoms with Crippen molar-refractivity contribution in [2.45, 2.75) is 39.5 Å². The molecule has 1 N–H and O–H groups in total. The molecule has 1 aromatic rings. The van der Waals surface area contributed by atoms with Gasteiger partial charge in [0, 0.05) is 19.6 Å². The Kier molecular flexibility index (Phi) is 4.80. The van der Waals surface area contributed by atoms with Crippen molar-refractivity contribution in [2.75, 3.05) is 13.1 Å². The summed E-state index contributed by atoms with van der Waals surface area (Å²) in [5.41, 5.74) is 2.11. The highest BCUT2D eigenvalue weighted by atomic mass is 32.2. The largest absolute Gasteiger partial charge is 0.373 e. The van der Waals surface area contributed by atoms with Crippen LogP contribution in [0.15, 0.2) is 24.3 Å². The van der Waals surface area contributed by atoms with Crippen molar-refractivity contribution in [1.29, 1.82) is 0 Å². The van der Waals surface area contributed by atoms with E-state index in [4.69, 9.17) is 4.74 Å². The molecule has 0 bridgehead atoms. The van der Waals surface area contributed by atoms with Gasteiger partial charge in [0.2, 0.25) is 0 Å². The molecule has 1 saturated heterocycles. The number of hydrogen-bond donors (Lipinski definition) is 1. The lowest BCUT2D eigenvalue weighted by molar-refractivity contribution is -0.0444. The second-order valence-electron chi connectivity index (χ2n) is 5.39. The standard InChI is InChI=1S/C14H22N2O3S/c1-11-4-6-14(7-5-11)8-15-20(17,18)16-9-12(2)19-13(3)10-16/h4-7,12-13,15H,8-10H2,1-3H3. The molecule has 2 rings (SSSR count). The van der Waals surface area contributed by atoms with E-state index < -0.39 is 10.2 Å². The summed E-state index contributed by atoms with van der Waals surface area (Å²) in [5.74, 6) is 0. The quantitative estimate of drug-likeness (QED) is 0.915. The van der Waals surface area contributed by atoms with E-state index in [1.165, 1.54) is 4.31 Å². The van der Waals surface area contributed by atoms with Gasteiger partial charge in [0.25, 0.3) is 10.2 Å². The van der Waals surface area contributed by atoms with Gasteiger partial charge in [-0.15, -0.1) is 0 Å². The van der Waals surface area contributed by atoms with E-state index in [2.05, 4.69) is 4.72 Å². The molecule has 5 nitrogen and oxygen atoms in total. The minimum Gasteiger partial charge on any atom is -0.373 e. The highest BCUT2D eigenvalue weighted by Crippen LogP contribution is 2.14. The van der Waals surface area contributed by atoms with Crippen molar-refractivity contribution in [1.82, 2.24) is 9.03 Å². The first kappa shape index (κ1) is 15.4. The number of nitrogens with zero attached hydrogens (tertiary/aromatic N) is 1. The third kappa shape index (κ3) is 4.02. The fourth-order valence-corrected chi connectivity index (χ4v) is 3.64. The first-order chi connectivity index (χ1) is 9.37. The Hall–Kier alpha value is -0.950. The van der Waals surface area contributed by atoms with Crippen molar-refractivity contribution in [3.05, 3.63) is 35.4 Å². The molecule has 1 aliphatic rings. The van der Waals surface area contributed by atoms with Gasteiger partial charge in [-0.2, -0.15) is 17.4 Å². The number of rotatable bonds is 4. The van der Waals surface area contributed by atoms with Gasteiger partial charge in [-0.05, 0) is 26.3 Å². The molecule has 1 aliphatic heterocycles.